The minimum atomic E-state index is -0.589. The van der Waals surface area contributed by atoms with Gasteiger partial charge in [-0.2, -0.15) is 0 Å². The first-order valence-electron chi connectivity index (χ1n) is 10.4. The average molecular weight is 462 g/mol. The Morgan fingerprint density at radius 3 is 2.42 bits per heavy atom. The first-order valence-corrected chi connectivity index (χ1v) is 11.4. The van der Waals surface area contributed by atoms with E-state index in [0.29, 0.717) is 16.3 Å². The number of amides is 2. The van der Waals surface area contributed by atoms with Gasteiger partial charge < -0.3 is 9.30 Å². The quantitative estimate of drug-likeness (QED) is 0.234. The number of ether oxygens (including phenoxy) is 1. The molecule has 0 fully saturated rings. The lowest BCUT2D eigenvalue weighted by Gasteiger charge is -2.13. The van der Waals surface area contributed by atoms with E-state index >= 15 is 0 Å². The van der Waals surface area contributed by atoms with Gasteiger partial charge in [-0.1, -0.05) is 49.0 Å². The second-order valence-electron chi connectivity index (χ2n) is 7.45. The summed E-state index contributed by atoms with van der Waals surface area (Å²) in [6, 6.07) is 14.5. The summed E-state index contributed by atoms with van der Waals surface area (Å²) in [7, 11) is 0. The van der Waals surface area contributed by atoms with Crippen LogP contribution in [0.1, 0.15) is 34.1 Å². The number of thioether (sulfide) groups is 1. The number of rotatable bonds is 7. The van der Waals surface area contributed by atoms with Gasteiger partial charge in [0.1, 0.15) is 5.52 Å². The summed E-state index contributed by atoms with van der Waals surface area (Å²) in [6.45, 7) is 2.44. The topological polar surface area (TPSA) is 107 Å². The number of aromatic nitrogens is 4. The molecule has 33 heavy (non-hydrogen) atoms. The first kappa shape index (κ1) is 21.1. The maximum atomic E-state index is 12.4. The molecule has 3 heterocycles. The van der Waals surface area contributed by atoms with Crippen LogP contribution in [0.3, 0.4) is 0 Å². The highest BCUT2D eigenvalue weighted by atomic mass is 32.2. The zero-order valence-corrected chi connectivity index (χ0v) is 18.5. The van der Waals surface area contributed by atoms with Crippen molar-refractivity contribution in [2.45, 2.75) is 25.0 Å². The molecule has 4 aromatic rings. The predicted octanol–water partition coefficient (Wildman–Crippen LogP) is 3.28. The first-order chi connectivity index (χ1) is 16.1. The maximum absolute atomic E-state index is 12.4. The zero-order chi connectivity index (χ0) is 22.9. The summed E-state index contributed by atoms with van der Waals surface area (Å²) < 4.78 is 7.26. The fourth-order valence-electron chi connectivity index (χ4n) is 3.86. The van der Waals surface area contributed by atoms with Gasteiger partial charge in [0, 0.05) is 11.9 Å². The highest BCUT2D eigenvalue weighted by Gasteiger charge is 2.35. The monoisotopic (exact) mass is 461 g/mol. The Morgan fingerprint density at radius 1 is 1.00 bits per heavy atom. The number of hydrogen-bond acceptors (Lipinski definition) is 8. The summed E-state index contributed by atoms with van der Waals surface area (Å²) >= 11 is 1.09. The highest BCUT2D eigenvalue weighted by Crippen LogP contribution is 2.27. The molecule has 2 aromatic carbocycles. The third-order valence-electron chi connectivity index (χ3n) is 5.35. The van der Waals surface area contributed by atoms with Crippen LogP contribution in [-0.4, -0.2) is 54.9 Å². The summed E-state index contributed by atoms with van der Waals surface area (Å²) in [5.41, 5.74) is 3.09. The molecule has 166 valence electrons. The molecule has 0 saturated heterocycles. The van der Waals surface area contributed by atoms with E-state index in [9.17, 15) is 14.4 Å². The van der Waals surface area contributed by atoms with Crippen LogP contribution in [0.2, 0.25) is 0 Å². The van der Waals surface area contributed by atoms with Crippen LogP contribution >= 0.6 is 11.8 Å². The molecule has 9 nitrogen and oxygen atoms in total. The number of hydrogen-bond donors (Lipinski definition) is 0. The number of aryl methyl sites for hydroxylation is 1. The largest absolute Gasteiger partial charge is 0.443 e. The van der Waals surface area contributed by atoms with Crippen LogP contribution in [0.25, 0.3) is 22.1 Å². The van der Waals surface area contributed by atoms with E-state index in [1.807, 2.05) is 24.3 Å². The molecule has 1 aliphatic heterocycles. The van der Waals surface area contributed by atoms with Crippen molar-refractivity contribution < 1.29 is 19.1 Å². The minimum Gasteiger partial charge on any atom is -0.443 e. The molecule has 0 spiro atoms. The lowest BCUT2D eigenvalue weighted by molar-refractivity contribution is -0.142. The van der Waals surface area contributed by atoms with Crippen LogP contribution in [0.4, 0.5) is 0 Å². The number of para-hydroxylation sites is 1. The van der Waals surface area contributed by atoms with E-state index in [4.69, 9.17) is 4.74 Å². The molecule has 2 aromatic heterocycles. The van der Waals surface area contributed by atoms with Gasteiger partial charge in [0.05, 0.1) is 22.4 Å². The summed E-state index contributed by atoms with van der Waals surface area (Å²) in [6.07, 6.45) is 0.935. The summed E-state index contributed by atoms with van der Waals surface area (Å²) in [5.74, 6) is -1.62. The second kappa shape index (κ2) is 8.62. The standard InChI is InChI=1S/C23H19N5O4S/c1-2-11-27-17-10-6-5-9-16(17)19-20(27)24-23(26-25-19)33-12-18(29)32-13-28-21(30)14-7-3-4-8-15(14)22(28)31/h3-10H,2,11-13H2,1H3. The van der Waals surface area contributed by atoms with Crippen molar-refractivity contribution in [1.29, 1.82) is 0 Å². The molecule has 0 N–H and O–H groups in total. The van der Waals surface area contributed by atoms with E-state index in [-0.39, 0.29) is 5.75 Å². The SMILES string of the molecule is CCCn1c2ccccc2c2nnc(SCC(=O)OCN3C(=O)c4ccccc4C3=O)nc21. The molecule has 0 bridgehead atoms. The third kappa shape index (κ3) is 3.72. The molecule has 1 aliphatic rings. The lowest BCUT2D eigenvalue weighted by Crippen LogP contribution is -2.33. The molecule has 0 radical (unpaired) electrons. The predicted molar refractivity (Wildman–Crippen MR) is 122 cm³/mol. The lowest BCUT2D eigenvalue weighted by atomic mass is 10.1. The smallest absolute Gasteiger partial charge is 0.318 e. The van der Waals surface area contributed by atoms with Crippen LogP contribution in [-0.2, 0) is 16.1 Å². The molecule has 0 atom stereocenters. The van der Waals surface area contributed by atoms with Crippen molar-refractivity contribution in [1.82, 2.24) is 24.6 Å². The van der Waals surface area contributed by atoms with Crippen LogP contribution in [0.5, 0.6) is 0 Å². The molecular weight excluding hydrogens is 442 g/mol. The van der Waals surface area contributed by atoms with Crippen molar-refractivity contribution in [3.05, 3.63) is 59.7 Å². The Hall–Kier alpha value is -3.79. The Bertz CT molecular complexity index is 1380. The van der Waals surface area contributed by atoms with Gasteiger partial charge in [-0.05, 0) is 24.6 Å². The summed E-state index contributed by atoms with van der Waals surface area (Å²) in [5, 5.41) is 9.82. The van der Waals surface area contributed by atoms with Crippen LogP contribution in [0.15, 0.2) is 53.7 Å². The molecule has 0 aliphatic carbocycles. The highest BCUT2D eigenvalue weighted by molar-refractivity contribution is 7.99. The molecule has 10 heteroatoms. The number of carbonyl (C=O) groups excluding carboxylic acids is 3. The van der Waals surface area contributed by atoms with Gasteiger partial charge in [-0.15, -0.1) is 10.2 Å². The fourth-order valence-corrected chi connectivity index (χ4v) is 4.44. The Labute approximate surface area is 192 Å². The van der Waals surface area contributed by atoms with Crippen molar-refractivity contribution in [3.63, 3.8) is 0 Å². The Morgan fingerprint density at radius 2 is 1.70 bits per heavy atom. The van der Waals surface area contributed by atoms with Gasteiger partial charge in [0.15, 0.2) is 12.4 Å². The molecule has 5 rings (SSSR count). The maximum Gasteiger partial charge on any atom is 0.318 e. The van der Waals surface area contributed by atoms with E-state index in [0.717, 1.165) is 51.7 Å². The normalized spacial score (nSPS) is 13.2. The van der Waals surface area contributed by atoms with E-state index in [1.54, 1.807) is 24.3 Å². The average Bonchev–Trinajstić information content (AvgIpc) is 3.28. The van der Waals surface area contributed by atoms with Gasteiger partial charge in [-0.25, -0.2) is 9.88 Å². The van der Waals surface area contributed by atoms with E-state index < -0.39 is 24.5 Å². The van der Waals surface area contributed by atoms with Crippen LogP contribution < -0.4 is 0 Å². The van der Waals surface area contributed by atoms with E-state index in [1.165, 1.54) is 0 Å². The third-order valence-corrected chi connectivity index (χ3v) is 6.16. The van der Waals surface area contributed by atoms with Crippen molar-refractivity contribution in [2.75, 3.05) is 12.5 Å². The van der Waals surface area contributed by atoms with Crippen molar-refractivity contribution in [3.8, 4) is 0 Å². The Balaban J connectivity index is 1.26. The molecular formula is C23H19N5O4S. The van der Waals surface area contributed by atoms with Gasteiger partial charge in [0.2, 0.25) is 5.16 Å². The van der Waals surface area contributed by atoms with Crippen molar-refractivity contribution in [2.24, 2.45) is 0 Å². The van der Waals surface area contributed by atoms with Crippen molar-refractivity contribution >= 4 is 51.6 Å². The van der Waals surface area contributed by atoms with Gasteiger partial charge in [-0.3, -0.25) is 14.4 Å². The molecule has 2 amide bonds. The van der Waals surface area contributed by atoms with Crippen LogP contribution in [0, 0.1) is 0 Å². The zero-order valence-electron chi connectivity index (χ0n) is 17.7. The number of nitrogens with zero attached hydrogens (tertiary/aromatic N) is 5. The number of imide groups is 1. The summed E-state index contributed by atoms with van der Waals surface area (Å²) in [4.78, 5) is 42.5. The fraction of sp³-hybridized carbons (Fsp3) is 0.217. The number of esters is 1. The van der Waals surface area contributed by atoms with E-state index in [2.05, 4.69) is 26.7 Å². The number of benzene rings is 2. The number of carbonyl (C=O) groups is 3. The van der Waals surface area contributed by atoms with Gasteiger partial charge in [0.25, 0.3) is 11.8 Å². The Kier molecular flexibility index (Phi) is 5.51. The van der Waals surface area contributed by atoms with Gasteiger partial charge >= 0.3 is 5.97 Å². The second-order valence-corrected chi connectivity index (χ2v) is 8.40. The minimum absolute atomic E-state index is 0.0790. The molecule has 0 unspecified atom stereocenters. The number of fused-ring (bicyclic) bond motifs is 4. The molecule has 0 saturated carbocycles.